The Balaban J connectivity index is 2.01. The van der Waals surface area contributed by atoms with E-state index in [-0.39, 0.29) is 11.4 Å². The van der Waals surface area contributed by atoms with Crippen LogP contribution in [0.1, 0.15) is 16.1 Å². The third-order valence-electron chi connectivity index (χ3n) is 3.81. The first-order chi connectivity index (χ1) is 13.3. The standard InChI is InChI=1S/C18H14N4O6/c1-10-3-2-4-11(7-10)21-16(25)9-15(24)17(20-21)18(26)19-13-8-12(22(27)28)5-6-14(13)23/h2-9,23-24H,1H3,(H,19,26). The van der Waals surface area contributed by atoms with Gasteiger partial charge in [-0.15, -0.1) is 0 Å². The second-order valence-electron chi connectivity index (χ2n) is 5.88. The molecule has 0 unspecified atom stereocenters. The van der Waals surface area contributed by atoms with Crippen molar-refractivity contribution in [2.75, 3.05) is 5.32 Å². The van der Waals surface area contributed by atoms with Gasteiger partial charge in [0.05, 0.1) is 16.3 Å². The van der Waals surface area contributed by atoms with Crippen molar-refractivity contribution in [2.45, 2.75) is 6.92 Å². The Morgan fingerprint density at radius 3 is 2.57 bits per heavy atom. The number of phenols is 1. The lowest BCUT2D eigenvalue weighted by atomic mass is 10.2. The summed E-state index contributed by atoms with van der Waals surface area (Å²) in [4.78, 5) is 34.8. The number of non-ortho nitro benzene ring substituents is 1. The highest BCUT2D eigenvalue weighted by Gasteiger charge is 2.19. The number of hydrogen-bond acceptors (Lipinski definition) is 7. The van der Waals surface area contributed by atoms with Gasteiger partial charge < -0.3 is 15.5 Å². The number of nitro groups is 1. The van der Waals surface area contributed by atoms with Crippen LogP contribution in [0.15, 0.2) is 53.3 Å². The van der Waals surface area contributed by atoms with E-state index >= 15 is 0 Å². The zero-order valence-corrected chi connectivity index (χ0v) is 14.5. The number of anilines is 1. The number of amides is 1. The van der Waals surface area contributed by atoms with Gasteiger partial charge in [0.2, 0.25) is 0 Å². The van der Waals surface area contributed by atoms with Gasteiger partial charge in [-0.25, -0.2) is 0 Å². The van der Waals surface area contributed by atoms with Crippen molar-refractivity contribution < 1.29 is 19.9 Å². The first-order valence-electron chi connectivity index (χ1n) is 7.95. The van der Waals surface area contributed by atoms with Crippen LogP contribution in [0.2, 0.25) is 0 Å². The monoisotopic (exact) mass is 382 g/mol. The Morgan fingerprint density at radius 2 is 1.89 bits per heavy atom. The SMILES string of the molecule is Cc1cccc(-n2nc(C(=O)Nc3cc([N+](=O)[O-])ccc3O)c(O)cc2=O)c1. The number of aromatic nitrogens is 2. The molecule has 1 amide bonds. The van der Waals surface area contributed by atoms with E-state index in [0.29, 0.717) is 5.69 Å². The molecule has 0 atom stereocenters. The van der Waals surface area contributed by atoms with Gasteiger partial charge in [0, 0.05) is 18.2 Å². The minimum Gasteiger partial charge on any atom is -0.506 e. The molecule has 1 aromatic heterocycles. The smallest absolute Gasteiger partial charge is 0.280 e. The average Bonchev–Trinajstić information content (AvgIpc) is 2.63. The van der Waals surface area contributed by atoms with Crippen molar-refractivity contribution in [1.82, 2.24) is 9.78 Å². The van der Waals surface area contributed by atoms with Crippen LogP contribution < -0.4 is 10.9 Å². The highest BCUT2D eigenvalue weighted by Crippen LogP contribution is 2.28. The molecule has 0 aliphatic carbocycles. The maximum Gasteiger partial charge on any atom is 0.280 e. The molecule has 0 bridgehead atoms. The van der Waals surface area contributed by atoms with Crippen LogP contribution >= 0.6 is 0 Å². The van der Waals surface area contributed by atoms with Gasteiger partial charge in [-0.3, -0.25) is 19.7 Å². The highest BCUT2D eigenvalue weighted by molar-refractivity contribution is 6.05. The molecule has 0 spiro atoms. The normalized spacial score (nSPS) is 10.5. The summed E-state index contributed by atoms with van der Waals surface area (Å²) in [5.74, 6) is -2.04. The molecule has 28 heavy (non-hydrogen) atoms. The largest absolute Gasteiger partial charge is 0.506 e. The first-order valence-corrected chi connectivity index (χ1v) is 7.95. The van der Waals surface area contributed by atoms with Crippen molar-refractivity contribution in [3.8, 4) is 17.2 Å². The summed E-state index contributed by atoms with van der Waals surface area (Å²) >= 11 is 0. The molecule has 1 heterocycles. The van der Waals surface area contributed by atoms with Gasteiger partial charge in [-0.1, -0.05) is 12.1 Å². The summed E-state index contributed by atoms with van der Waals surface area (Å²) in [6.45, 7) is 1.81. The number of carbonyl (C=O) groups is 1. The number of aromatic hydroxyl groups is 2. The van der Waals surface area contributed by atoms with Crippen LogP contribution in [0, 0.1) is 17.0 Å². The van der Waals surface area contributed by atoms with Gasteiger partial charge in [0.15, 0.2) is 11.4 Å². The molecular formula is C18H14N4O6. The summed E-state index contributed by atoms with van der Waals surface area (Å²) in [7, 11) is 0. The van der Waals surface area contributed by atoms with E-state index in [1.54, 1.807) is 18.2 Å². The molecule has 0 fully saturated rings. The lowest BCUT2D eigenvalue weighted by Crippen LogP contribution is -2.25. The van der Waals surface area contributed by atoms with Crippen LogP contribution in [0.5, 0.6) is 11.5 Å². The van der Waals surface area contributed by atoms with E-state index in [1.807, 2.05) is 13.0 Å². The molecule has 10 nitrogen and oxygen atoms in total. The number of rotatable bonds is 4. The molecule has 3 N–H and O–H groups in total. The van der Waals surface area contributed by atoms with Gasteiger partial charge in [0.1, 0.15) is 5.75 Å². The lowest BCUT2D eigenvalue weighted by Gasteiger charge is -2.10. The zero-order valence-electron chi connectivity index (χ0n) is 14.5. The Bertz CT molecular complexity index is 1160. The molecule has 0 aliphatic rings. The number of phenolic OH excluding ortho intramolecular Hbond substituents is 1. The van der Waals surface area contributed by atoms with Crippen LogP contribution in [-0.4, -0.2) is 30.8 Å². The molecular weight excluding hydrogens is 368 g/mol. The second kappa shape index (κ2) is 7.19. The van der Waals surface area contributed by atoms with E-state index in [2.05, 4.69) is 10.4 Å². The van der Waals surface area contributed by atoms with E-state index in [9.17, 15) is 29.9 Å². The number of hydrogen-bond donors (Lipinski definition) is 3. The Labute approximate surface area is 157 Å². The summed E-state index contributed by atoms with van der Waals surface area (Å²) in [6, 6.07) is 10.7. The second-order valence-corrected chi connectivity index (χ2v) is 5.88. The fourth-order valence-corrected chi connectivity index (χ4v) is 2.47. The van der Waals surface area contributed by atoms with E-state index in [0.717, 1.165) is 34.5 Å². The van der Waals surface area contributed by atoms with E-state index in [4.69, 9.17) is 0 Å². The third kappa shape index (κ3) is 3.65. The van der Waals surface area contributed by atoms with Crippen LogP contribution in [0.3, 0.4) is 0 Å². The molecule has 3 rings (SSSR count). The van der Waals surface area contributed by atoms with Crippen molar-refractivity contribution in [3.05, 3.63) is 80.3 Å². The topological polar surface area (TPSA) is 148 Å². The minimum atomic E-state index is -0.963. The lowest BCUT2D eigenvalue weighted by molar-refractivity contribution is -0.384. The first kappa shape index (κ1) is 18.6. The molecule has 2 aromatic carbocycles. The van der Waals surface area contributed by atoms with Crippen LogP contribution in [0.4, 0.5) is 11.4 Å². The molecule has 0 radical (unpaired) electrons. The number of benzene rings is 2. The van der Waals surface area contributed by atoms with E-state index in [1.165, 1.54) is 0 Å². The van der Waals surface area contributed by atoms with Crippen LogP contribution in [0.25, 0.3) is 5.69 Å². The van der Waals surface area contributed by atoms with Crippen molar-refractivity contribution in [2.24, 2.45) is 0 Å². The molecule has 10 heteroatoms. The molecule has 0 saturated heterocycles. The summed E-state index contributed by atoms with van der Waals surface area (Å²) in [6.07, 6.45) is 0. The van der Waals surface area contributed by atoms with Gasteiger partial charge >= 0.3 is 0 Å². The number of nitrogens with one attached hydrogen (secondary N) is 1. The van der Waals surface area contributed by atoms with Crippen LogP contribution in [-0.2, 0) is 0 Å². The average molecular weight is 382 g/mol. The molecule has 142 valence electrons. The number of nitro benzene ring substituents is 1. The third-order valence-corrected chi connectivity index (χ3v) is 3.81. The predicted octanol–water partition coefficient (Wildman–Crippen LogP) is 2.11. The van der Waals surface area contributed by atoms with Gasteiger partial charge in [-0.05, 0) is 30.7 Å². The highest BCUT2D eigenvalue weighted by atomic mass is 16.6. The van der Waals surface area contributed by atoms with Gasteiger partial charge in [0.25, 0.3) is 17.2 Å². The summed E-state index contributed by atoms with van der Waals surface area (Å²) in [5, 5.41) is 36.8. The molecule has 0 aliphatic heterocycles. The Morgan fingerprint density at radius 1 is 1.14 bits per heavy atom. The fourth-order valence-electron chi connectivity index (χ4n) is 2.47. The maximum atomic E-state index is 12.5. The summed E-state index contributed by atoms with van der Waals surface area (Å²) < 4.78 is 0.939. The summed E-state index contributed by atoms with van der Waals surface area (Å²) in [5.41, 5.74) is -0.502. The quantitative estimate of drug-likeness (QED) is 0.355. The van der Waals surface area contributed by atoms with Crippen molar-refractivity contribution in [1.29, 1.82) is 0 Å². The van der Waals surface area contributed by atoms with Gasteiger partial charge in [-0.2, -0.15) is 9.78 Å². The minimum absolute atomic E-state index is 0.242. The Hall–Kier alpha value is -4.21. The molecule has 3 aromatic rings. The fraction of sp³-hybridized carbons (Fsp3) is 0.0556. The van der Waals surface area contributed by atoms with E-state index < -0.39 is 33.6 Å². The zero-order chi connectivity index (χ0) is 20.4. The number of carbonyl (C=O) groups excluding carboxylic acids is 1. The molecule has 0 saturated carbocycles. The predicted molar refractivity (Wildman–Crippen MR) is 99.0 cm³/mol. The number of nitrogens with zero attached hydrogens (tertiary/aromatic N) is 3. The Kier molecular flexibility index (Phi) is 4.77. The maximum absolute atomic E-state index is 12.5. The van der Waals surface area contributed by atoms with Crippen molar-refractivity contribution >= 4 is 17.3 Å². The van der Waals surface area contributed by atoms with Crippen molar-refractivity contribution in [3.63, 3.8) is 0 Å². The number of aryl methyl sites for hydroxylation is 1.